The summed E-state index contributed by atoms with van der Waals surface area (Å²) in [6, 6.07) is 2.43. The maximum atomic E-state index is 4.14. The summed E-state index contributed by atoms with van der Waals surface area (Å²) in [5.41, 5.74) is 0. The highest BCUT2D eigenvalue weighted by Crippen LogP contribution is 2.33. The monoisotopic (exact) mass is 241 g/mol. The van der Waals surface area contributed by atoms with Crippen LogP contribution in [0.25, 0.3) is 0 Å². The summed E-state index contributed by atoms with van der Waals surface area (Å²) < 4.78 is 0.827. The van der Waals surface area contributed by atoms with Gasteiger partial charge in [-0.05, 0) is 41.6 Å². The Morgan fingerprint density at radius 2 is 2.31 bits per heavy atom. The molecule has 1 aliphatic rings. The minimum Gasteiger partial charge on any atom is -0.367 e. The van der Waals surface area contributed by atoms with Crippen LogP contribution in [0.2, 0.25) is 0 Å². The lowest BCUT2D eigenvalue weighted by Gasteiger charge is -2.12. The lowest BCUT2D eigenvalue weighted by molar-refractivity contribution is 0.690. The van der Waals surface area contributed by atoms with Crippen molar-refractivity contribution in [2.45, 2.75) is 25.8 Å². The van der Waals surface area contributed by atoms with Crippen molar-refractivity contribution >= 4 is 21.7 Å². The highest BCUT2D eigenvalue weighted by molar-refractivity contribution is 9.10. The zero-order chi connectivity index (χ0) is 9.26. The van der Waals surface area contributed by atoms with Gasteiger partial charge in [0.25, 0.3) is 0 Å². The van der Waals surface area contributed by atoms with Crippen molar-refractivity contribution < 1.29 is 0 Å². The van der Waals surface area contributed by atoms with Crippen LogP contribution in [0.3, 0.4) is 0 Å². The third-order valence-electron chi connectivity index (χ3n) is 2.34. The summed E-state index contributed by atoms with van der Waals surface area (Å²) in [7, 11) is 0. The number of hydrogen-bond donors (Lipinski definition) is 1. The molecule has 0 bridgehead atoms. The van der Waals surface area contributed by atoms with Gasteiger partial charge in [0.15, 0.2) is 0 Å². The Morgan fingerprint density at radius 3 is 2.92 bits per heavy atom. The number of aromatic nitrogens is 2. The van der Waals surface area contributed by atoms with Crippen LogP contribution >= 0.6 is 15.9 Å². The molecule has 70 valence electrons. The maximum Gasteiger partial charge on any atom is 0.130 e. The third kappa shape index (κ3) is 2.40. The standard InChI is InChI=1S/C9H12BrN3/c1-6(7-2-3-7)13-9-4-8(10)11-5-12-9/h4-7H,2-3H2,1H3,(H,11,12,13). The number of hydrogen-bond acceptors (Lipinski definition) is 3. The van der Waals surface area contributed by atoms with Crippen LogP contribution in [0, 0.1) is 5.92 Å². The summed E-state index contributed by atoms with van der Waals surface area (Å²) in [4.78, 5) is 8.11. The Balaban J connectivity index is 2.00. The first-order chi connectivity index (χ1) is 6.25. The molecule has 1 fully saturated rings. The summed E-state index contributed by atoms with van der Waals surface area (Å²) in [6.07, 6.45) is 4.26. The van der Waals surface area contributed by atoms with Gasteiger partial charge in [-0.25, -0.2) is 9.97 Å². The van der Waals surface area contributed by atoms with Crippen LogP contribution in [-0.2, 0) is 0 Å². The normalized spacial score (nSPS) is 18.3. The number of nitrogens with one attached hydrogen (secondary N) is 1. The van der Waals surface area contributed by atoms with Crippen molar-refractivity contribution in [1.82, 2.24) is 9.97 Å². The van der Waals surface area contributed by atoms with Crippen molar-refractivity contribution in [3.8, 4) is 0 Å². The first-order valence-electron chi connectivity index (χ1n) is 4.50. The average Bonchev–Trinajstić information content (AvgIpc) is 2.85. The first kappa shape index (κ1) is 8.94. The average molecular weight is 242 g/mol. The van der Waals surface area contributed by atoms with Gasteiger partial charge < -0.3 is 5.32 Å². The molecule has 0 spiro atoms. The van der Waals surface area contributed by atoms with Gasteiger partial charge in [0.05, 0.1) is 0 Å². The smallest absolute Gasteiger partial charge is 0.130 e. The lowest BCUT2D eigenvalue weighted by atomic mass is 10.2. The van der Waals surface area contributed by atoms with E-state index in [1.54, 1.807) is 6.33 Å². The quantitative estimate of drug-likeness (QED) is 0.827. The van der Waals surface area contributed by atoms with Gasteiger partial charge in [-0.2, -0.15) is 0 Å². The molecule has 1 aromatic rings. The molecule has 1 unspecified atom stereocenters. The van der Waals surface area contributed by atoms with Gasteiger partial charge in [0.2, 0.25) is 0 Å². The summed E-state index contributed by atoms with van der Waals surface area (Å²) in [5.74, 6) is 1.75. The molecule has 13 heavy (non-hydrogen) atoms. The molecule has 2 rings (SSSR count). The van der Waals surface area contributed by atoms with Gasteiger partial charge in [-0.3, -0.25) is 0 Å². The Hall–Kier alpha value is -0.640. The van der Waals surface area contributed by atoms with Crippen LogP contribution in [0.1, 0.15) is 19.8 Å². The highest BCUT2D eigenvalue weighted by atomic mass is 79.9. The van der Waals surface area contributed by atoms with E-state index in [0.717, 1.165) is 16.3 Å². The minimum atomic E-state index is 0.529. The molecule has 1 heterocycles. The van der Waals surface area contributed by atoms with Crippen molar-refractivity contribution in [3.63, 3.8) is 0 Å². The highest BCUT2D eigenvalue weighted by Gasteiger charge is 2.27. The number of rotatable bonds is 3. The molecule has 0 amide bonds. The molecule has 0 aliphatic heterocycles. The van der Waals surface area contributed by atoms with E-state index in [4.69, 9.17) is 0 Å². The summed E-state index contributed by atoms with van der Waals surface area (Å²) in [6.45, 7) is 2.20. The number of nitrogens with zero attached hydrogens (tertiary/aromatic N) is 2. The molecule has 1 N–H and O–H groups in total. The van der Waals surface area contributed by atoms with Gasteiger partial charge >= 0.3 is 0 Å². The molecule has 1 aliphatic carbocycles. The number of anilines is 1. The predicted octanol–water partition coefficient (Wildman–Crippen LogP) is 2.45. The van der Waals surface area contributed by atoms with Crippen LogP contribution in [0.5, 0.6) is 0 Å². The van der Waals surface area contributed by atoms with Crippen LogP contribution in [0.4, 0.5) is 5.82 Å². The molecule has 4 heteroatoms. The molecular weight excluding hydrogens is 230 g/mol. The maximum absolute atomic E-state index is 4.14. The fraction of sp³-hybridized carbons (Fsp3) is 0.556. The van der Waals surface area contributed by atoms with E-state index in [1.807, 2.05) is 6.07 Å². The Labute approximate surface area is 86.1 Å². The van der Waals surface area contributed by atoms with E-state index in [-0.39, 0.29) is 0 Å². The fourth-order valence-electron chi connectivity index (χ4n) is 1.36. The second kappa shape index (κ2) is 3.62. The Bertz CT molecular complexity index is 299. The van der Waals surface area contributed by atoms with Gasteiger partial charge in [0.1, 0.15) is 16.7 Å². The summed E-state index contributed by atoms with van der Waals surface area (Å²) >= 11 is 3.31. The van der Waals surface area contributed by atoms with Gasteiger partial charge in [-0.15, -0.1) is 0 Å². The molecule has 1 saturated carbocycles. The molecule has 3 nitrogen and oxygen atoms in total. The zero-order valence-corrected chi connectivity index (χ0v) is 9.08. The van der Waals surface area contributed by atoms with E-state index < -0.39 is 0 Å². The van der Waals surface area contributed by atoms with Gasteiger partial charge in [-0.1, -0.05) is 0 Å². The SMILES string of the molecule is CC(Nc1cc(Br)ncn1)C1CC1. The molecule has 0 aromatic carbocycles. The van der Waals surface area contributed by atoms with E-state index in [9.17, 15) is 0 Å². The Morgan fingerprint density at radius 1 is 1.54 bits per heavy atom. The molecular formula is C9H12BrN3. The molecule has 1 atom stereocenters. The minimum absolute atomic E-state index is 0.529. The lowest BCUT2D eigenvalue weighted by Crippen LogP contribution is -2.18. The summed E-state index contributed by atoms with van der Waals surface area (Å²) in [5, 5.41) is 3.36. The fourth-order valence-corrected chi connectivity index (χ4v) is 1.67. The largest absolute Gasteiger partial charge is 0.367 e. The van der Waals surface area contributed by atoms with E-state index in [1.165, 1.54) is 12.8 Å². The van der Waals surface area contributed by atoms with E-state index in [2.05, 4.69) is 38.1 Å². The topological polar surface area (TPSA) is 37.8 Å². The van der Waals surface area contributed by atoms with E-state index in [0.29, 0.717) is 6.04 Å². The first-order valence-corrected chi connectivity index (χ1v) is 5.29. The second-order valence-electron chi connectivity index (χ2n) is 3.50. The molecule has 1 aromatic heterocycles. The van der Waals surface area contributed by atoms with E-state index >= 15 is 0 Å². The Kier molecular flexibility index (Phi) is 2.49. The second-order valence-corrected chi connectivity index (χ2v) is 4.31. The molecule has 0 radical (unpaired) electrons. The van der Waals surface area contributed by atoms with Crippen molar-refractivity contribution in [2.24, 2.45) is 5.92 Å². The van der Waals surface area contributed by atoms with Crippen LogP contribution in [0.15, 0.2) is 17.0 Å². The van der Waals surface area contributed by atoms with Gasteiger partial charge in [0, 0.05) is 12.1 Å². The zero-order valence-electron chi connectivity index (χ0n) is 7.50. The van der Waals surface area contributed by atoms with Crippen LogP contribution in [-0.4, -0.2) is 16.0 Å². The predicted molar refractivity (Wildman–Crippen MR) is 55.5 cm³/mol. The van der Waals surface area contributed by atoms with Crippen molar-refractivity contribution in [1.29, 1.82) is 0 Å². The van der Waals surface area contributed by atoms with Crippen LogP contribution < -0.4 is 5.32 Å². The molecule has 0 saturated heterocycles. The number of halogens is 1. The third-order valence-corrected chi connectivity index (χ3v) is 2.77. The van der Waals surface area contributed by atoms with Crippen molar-refractivity contribution in [2.75, 3.05) is 5.32 Å². The van der Waals surface area contributed by atoms with Crippen molar-refractivity contribution in [3.05, 3.63) is 17.0 Å².